The number of aromatic nitrogens is 1. The molecule has 1 aliphatic heterocycles. The van der Waals surface area contributed by atoms with Crippen molar-refractivity contribution in [2.75, 3.05) is 25.0 Å². The maximum Gasteiger partial charge on any atom is 0.226 e. The van der Waals surface area contributed by atoms with Crippen LogP contribution in [0, 0.1) is 12.8 Å². The molecule has 1 aliphatic rings. The number of carbonyl (C=O) groups is 1. The van der Waals surface area contributed by atoms with Crippen molar-refractivity contribution in [3.05, 3.63) is 22.3 Å². The van der Waals surface area contributed by atoms with Crippen LogP contribution in [0.1, 0.15) is 5.56 Å². The third-order valence-corrected chi connectivity index (χ3v) is 3.25. The van der Waals surface area contributed by atoms with Crippen molar-refractivity contribution in [3.63, 3.8) is 0 Å². The largest absolute Gasteiger partial charge is 0.359 e. The zero-order chi connectivity index (χ0) is 11.7. The van der Waals surface area contributed by atoms with Crippen molar-refractivity contribution in [1.82, 2.24) is 10.3 Å². The summed E-state index contributed by atoms with van der Waals surface area (Å²) in [5.74, 6) is 1.20. The lowest BCUT2D eigenvalue weighted by molar-refractivity contribution is -0.125. The summed E-state index contributed by atoms with van der Waals surface area (Å²) in [5.41, 5.74) is 1.13. The topological polar surface area (TPSA) is 45.2 Å². The van der Waals surface area contributed by atoms with Gasteiger partial charge in [0.1, 0.15) is 5.82 Å². The van der Waals surface area contributed by atoms with E-state index in [-0.39, 0.29) is 11.8 Å². The van der Waals surface area contributed by atoms with Crippen molar-refractivity contribution in [1.29, 1.82) is 0 Å². The second-order valence-corrected chi connectivity index (χ2v) is 4.93. The van der Waals surface area contributed by atoms with Gasteiger partial charge in [-0.25, -0.2) is 4.98 Å². The van der Waals surface area contributed by atoms with Gasteiger partial charge in [-0.2, -0.15) is 0 Å². The summed E-state index contributed by atoms with van der Waals surface area (Å²) in [6, 6.07) is 2.04. The Kier molecular flexibility index (Phi) is 3.14. The number of nitrogens with one attached hydrogen (secondary N) is 1. The maximum atomic E-state index is 11.3. The third-order valence-electron chi connectivity index (χ3n) is 2.82. The van der Waals surface area contributed by atoms with E-state index in [1.807, 2.05) is 13.0 Å². The van der Waals surface area contributed by atoms with Gasteiger partial charge in [-0.1, -0.05) is 0 Å². The summed E-state index contributed by atoms with van der Waals surface area (Å²) in [5, 5.41) is 2.67. The lowest BCUT2D eigenvalue weighted by atomic mass is 9.99. The number of amides is 1. The minimum Gasteiger partial charge on any atom is -0.359 e. The van der Waals surface area contributed by atoms with Crippen LogP contribution in [0.15, 0.2) is 16.7 Å². The van der Waals surface area contributed by atoms with E-state index >= 15 is 0 Å². The molecule has 1 aromatic heterocycles. The molecule has 0 unspecified atom stereocenters. The molecular weight excluding hydrogens is 270 g/mol. The van der Waals surface area contributed by atoms with Crippen LogP contribution in [0.3, 0.4) is 0 Å². The van der Waals surface area contributed by atoms with Gasteiger partial charge in [-0.05, 0) is 34.5 Å². The minimum atomic E-state index is 0.106. The summed E-state index contributed by atoms with van der Waals surface area (Å²) in [4.78, 5) is 17.8. The first-order valence-electron chi connectivity index (χ1n) is 5.20. The first-order chi connectivity index (χ1) is 7.61. The second-order valence-electron chi connectivity index (χ2n) is 4.01. The van der Waals surface area contributed by atoms with Crippen LogP contribution in [-0.2, 0) is 4.79 Å². The molecule has 16 heavy (non-hydrogen) atoms. The predicted molar refractivity (Wildman–Crippen MR) is 66.4 cm³/mol. The number of rotatable bonds is 2. The third kappa shape index (κ3) is 2.04. The van der Waals surface area contributed by atoms with Gasteiger partial charge in [-0.3, -0.25) is 4.79 Å². The van der Waals surface area contributed by atoms with Crippen LogP contribution in [0.2, 0.25) is 0 Å². The highest BCUT2D eigenvalue weighted by Crippen LogP contribution is 2.27. The highest BCUT2D eigenvalue weighted by molar-refractivity contribution is 9.10. The van der Waals surface area contributed by atoms with E-state index in [0.717, 1.165) is 28.9 Å². The number of nitrogens with zero attached hydrogens (tertiary/aromatic N) is 2. The zero-order valence-electron chi connectivity index (χ0n) is 9.33. The molecule has 1 saturated heterocycles. The molecule has 1 fully saturated rings. The number of anilines is 1. The standard InChI is InChI=1S/C11H14BrN3O/c1-7-3-9(12)4-14-10(7)15-5-8(6-15)11(16)13-2/h3-4,8H,5-6H2,1-2H3,(H,13,16). The van der Waals surface area contributed by atoms with E-state index in [2.05, 4.69) is 31.1 Å². The number of halogens is 1. The van der Waals surface area contributed by atoms with Gasteiger partial charge < -0.3 is 10.2 Å². The molecule has 1 aromatic rings. The highest BCUT2D eigenvalue weighted by atomic mass is 79.9. The molecule has 0 spiro atoms. The van der Waals surface area contributed by atoms with Crippen LogP contribution in [-0.4, -0.2) is 31.0 Å². The Hall–Kier alpha value is -1.10. The van der Waals surface area contributed by atoms with Gasteiger partial charge in [0.05, 0.1) is 5.92 Å². The van der Waals surface area contributed by atoms with Gasteiger partial charge in [-0.15, -0.1) is 0 Å². The molecule has 0 radical (unpaired) electrons. The molecular formula is C11H14BrN3O. The molecule has 0 atom stereocenters. The average molecular weight is 284 g/mol. The molecule has 86 valence electrons. The number of hydrogen-bond donors (Lipinski definition) is 1. The molecule has 0 aliphatic carbocycles. The van der Waals surface area contributed by atoms with Crippen LogP contribution in [0.4, 0.5) is 5.82 Å². The summed E-state index contributed by atoms with van der Waals surface area (Å²) < 4.78 is 0.983. The Bertz CT molecular complexity index is 416. The van der Waals surface area contributed by atoms with E-state index in [4.69, 9.17) is 0 Å². The molecule has 1 N–H and O–H groups in total. The van der Waals surface area contributed by atoms with Crippen LogP contribution in [0.5, 0.6) is 0 Å². The minimum absolute atomic E-state index is 0.106. The van der Waals surface area contributed by atoms with Gasteiger partial charge >= 0.3 is 0 Å². The van der Waals surface area contributed by atoms with Gasteiger partial charge in [0.15, 0.2) is 0 Å². The van der Waals surface area contributed by atoms with Crippen LogP contribution < -0.4 is 10.2 Å². The zero-order valence-corrected chi connectivity index (χ0v) is 10.9. The van der Waals surface area contributed by atoms with Crippen molar-refractivity contribution < 1.29 is 4.79 Å². The van der Waals surface area contributed by atoms with Crippen LogP contribution >= 0.6 is 15.9 Å². The monoisotopic (exact) mass is 283 g/mol. The number of pyridine rings is 1. The Morgan fingerprint density at radius 3 is 2.88 bits per heavy atom. The Labute approximate surface area is 103 Å². The van der Waals surface area contributed by atoms with Crippen molar-refractivity contribution in [2.45, 2.75) is 6.92 Å². The summed E-state index contributed by atoms with van der Waals surface area (Å²) in [6.45, 7) is 3.55. The molecule has 2 heterocycles. The molecule has 5 heteroatoms. The number of carbonyl (C=O) groups excluding carboxylic acids is 1. The highest BCUT2D eigenvalue weighted by Gasteiger charge is 2.33. The summed E-state index contributed by atoms with van der Waals surface area (Å²) in [6.07, 6.45) is 1.79. The molecule has 2 rings (SSSR count). The molecule has 0 aromatic carbocycles. The van der Waals surface area contributed by atoms with Crippen molar-refractivity contribution in [3.8, 4) is 0 Å². The lowest BCUT2D eigenvalue weighted by Gasteiger charge is -2.39. The van der Waals surface area contributed by atoms with Gasteiger partial charge in [0, 0.05) is 30.8 Å². The molecule has 0 bridgehead atoms. The average Bonchev–Trinajstić information content (AvgIpc) is 2.18. The van der Waals surface area contributed by atoms with Gasteiger partial charge in [0.25, 0.3) is 0 Å². The van der Waals surface area contributed by atoms with E-state index < -0.39 is 0 Å². The fraction of sp³-hybridized carbons (Fsp3) is 0.455. The normalized spacial score (nSPS) is 15.8. The van der Waals surface area contributed by atoms with Crippen LogP contribution in [0.25, 0.3) is 0 Å². The molecule has 0 saturated carbocycles. The Morgan fingerprint density at radius 2 is 2.31 bits per heavy atom. The first kappa shape index (κ1) is 11.4. The SMILES string of the molecule is CNC(=O)C1CN(c2ncc(Br)cc2C)C1. The Morgan fingerprint density at radius 1 is 1.62 bits per heavy atom. The quantitative estimate of drug-likeness (QED) is 0.891. The fourth-order valence-corrected chi connectivity index (χ4v) is 2.33. The maximum absolute atomic E-state index is 11.3. The molecule has 1 amide bonds. The smallest absolute Gasteiger partial charge is 0.226 e. The van der Waals surface area contributed by atoms with E-state index in [1.165, 1.54) is 0 Å². The second kappa shape index (κ2) is 4.41. The lowest BCUT2D eigenvalue weighted by Crippen LogP contribution is -2.53. The predicted octanol–water partition coefficient (Wildman–Crippen LogP) is 1.33. The van der Waals surface area contributed by atoms with Crippen molar-refractivity contribution in [2.24, 2.45) is 5.92 Å². The number of hydrogen-bond acceptors (Lipinski definition) is 3. The number of aryl methyl sites for hydroxylation is 1. The van der Waals surface area contributed by atoms with E-state index in [0.29, 0.717) is 0 Å². The van der Waals surface area contributed by atoms with Gasteiger partial charge in [0.2, 0.25) is 5.91 Å². The van der Waals surface area contributed by atoms with Crippen molar-refractivity contribution >= 4 is 27.7 Å². The first-order valence-corrected chi connectivity index (χ1v) is 6.00. The molecule has 4 nitrogen and oxygen atoms in total. The fourth-order valence-electron chi connectivity index (χ4n) is 1.89. The Balaban J connectivity index is 2.04. The van der Waals surface area contributed by atoms with E-state index in [1.54, 1.807) is 13.2 Å². The summed E-state index contributed by atoms with van der Waals surface area (Å²) >= 11 is 3.39. The van der Waals surface area contributed by atoms with E-state index in [9.17, 15) is 4.79 Å². The summed E-state index contributed by atoms with van der Waals surface area (Å²) in [7, 11) is 1.67.